The number of sulfonamides is 1. The van der Waals surface area contributed by atoms with Gasteiger partial charge in [0.2, 0.25) is 5.13 Å². The molecule has 0 bridgehead atoms. The molecular weight excluding hydrogens is 272 g/mol. The molecule has 2 aromatic rings. The van der Waals surface area contributed by atoms with E-state index in [4.69, 9.17) is 0 Å². The van der Waals surface area contributed by atoms with Gasteiger partial charge in [-0.2, -0.15) is 8.42 Å². The van der Waals surface area contributed by atoms with Crippen molar-refractivity contribution in [1.29, 1.82) is 0 Å². The normalized spacial score (nSPS) is 16.2. The average Bonchev–Trinajstić information content (AvgIpc) is 2.83. The number of nitrogens with one attached hydrogen (secondary N) is 1. The van der Waals surface area contributed by atoms with Gasteiger partial charge < -0.3 is 5.32 Å². The fourth-order valence-electron chi connectivity index (χ4n) is 1.64. The Labute approximate surface area is 107 Å². The van der Waals surface area contributed by atoms with Gasteiger partial charge in [-0.25, -0.2) is 0 Å². The highest BCUT2D eigenvalue weighted by Gasteiger charge is 2.28. The number of anilines is 1. The zero-order valence-electron chi connectivity index (χ0n) is 9.28. The van der Waals surface area contributed by atoms with E-state index in [1.165, 1.54) is 17.4 Å². The maximum absolute atomic E-state index is 11.8. The van der Waals surface area contributed by atoms with Crippen LogP contribution in [0.5, 0.6) is 0 Å². The second-order valence-electron chi connectivity index (χ2n) is 3.66. The van der Waals surface area contributed by atoms with Gasteiger partial charge in [0.25, 0.3) is 10.0 Å². The number of aromatic nitrogens is 2. The van der Waals surface area contributed by atoms with Crippen LogP contribution in [-0.2, 0) is 10.0 Å². The van der Waals surface area contributed by atoms with Gasteiger partial charge in [0.15, 0.2) is 5.84 Å². The number of benzene rings is 1. The van der Waals surface area contributed by atoms with Crippen molar-refractivity contribution in [1.82, 2.24) is 10.2 Å². The molecule has 8 heteroatoms. The van der Waals surface area contributed by atoms with Crippen molar-refractivity contribution in [2.75, 3.05) is 5.32 Å². The molecule has 92 valence electrons. The maximum Gasteiger partial charge on any atom is 0.285 e. The van der Waals surface area contributed by atoms with Gasteiger partial charge in [-0.15, -0.1) is 14.6 Å². The molecule has 1 N–H and O–H groups in total. The highest BCUT2D eigenvalue weighted by atomic mass is 32.2. The molecule has 1 aromatic heterocycles. The monoisotopic (exact) mass is 280 g/mol. The molecular formula is C10H8N4O2S2. The average molecular weight is 280 g/mol. The van der Waals surface area contributed by atoms with E-state index >= 15 is 0 Å². The van der Waals surface area contributed by atoms with Crippen LogP contribution in [0.25, 0.3) is 0 Å². The molecule has 2 heterocycles. The Morgan fingerprint density at radius 2 is 2.00 bits per heavy atom. The largest absolute Gasteiger partial charge is 0.314 e. The predicted molar refractivity (Wildman–Crippen MR) is 68.4 cm³/mol. The minimum atomic E-state index is -3.59. The van der Waals surface area contributed by atoms with E-state index in [0.717, 1.165) is 5.01 Å². The molecule has 0 saturated carbocycles. The highest BCUT2D eigenvalue weighted by Crippen LogP contribution is 2.27. The third-order valence-corrected chi connectivity index (χ3v) is 4.47. The van der Waals surface area contributed by atoms with Crippen molar-refractivity contribution >= 4 is 32.3 Å². The smallest absolute Gasteiger partial charge is 0.285 e. The predicted octanol–water partition coefficient (Wildman–Crippen LogP) is 1.41. The first kappa shape index (κ1) is 11.3. The molecule has 0 radical (unpaired) electrons. The van der Waals surface area contributed by atoms with E-state index in [1.54, 1.807) is 18.2 Å². The maximum atomic E-state index is 11.8. The topological polar surface area (TPSA) is 84.3 Å². The first-order chi connectivity index (χ1) is 8.56. The number of hydrogen-bond donors (Lipinski definition) is 1. The first-order valence-corrected chi connectivity index (χ1v) is 7.33. The molecule has 0 fully saturated rings. The molecule has 0 saturated heterocycles. The summed E-state index contributed by atoms with van der Waals surface area (Å²) in [6.45, 7) is 1.82. The Balaban J connectivity index is 2.04. The Hall–Kier alpha value is -1.80. The third kappa shape index (κ3) is 1.79. The highest BCUT2D eigenvalue weighted by molar-refractivity contribution is 7.90. The second-order valence-corrected chi connectivity index (χ2v) is 6.42. The van der Waals surface area contributed by atoms with E-state index in [-0.39, 0.29) is 4.90 Å². The lowest BCUT2D eigenvalue weighted by molar-refractivity contribution is 0.599. The van der Waals surface area contributed by atoms with Crippen LogP contribution in [0.3, 0.4) is 0 Å². The molecule has 0 aliphatic carbocycles. The minimum Gasteiger partial charge on any atom is -0.314 e. The van der Waals surface area contributed by atoms with Crippen LogP contribution in [0.1, 0.15) is 10.6 Å². The van der Waals surface area contributed by atoms with Crippen molar-refractivity contribution in [2.45, 2.75) is 11.8 Å². The van der Waals surface area contributed by atoms with Crippen molar-refractivity contribution in [3.8, 4) is 0 Å². The van der Waals surface area contributed by atoms with E-state index in [0.29, 0.717) is 16.5 Å². The summed E-state index contributed by atoms with van der Waals surface area (Å²) in [4.78, 5) is 0.216. The van der Waals surface area contributed by atoms with Crippen LogP contribution in [-0.4, -0.2) is 24.5 Å². The van der Waals surface area contributed by atoms with Gasteiger partial charge in [-0.05, 0) is 19.1 Å². The summed E-state index contributed by atoms with van der Waals surface area (Å²) >= 11 is 1.34. The van der Waals surface area contributed by atoms with Gasteiger partial charge in [-0.3, -0.25) is 0 Å². The van der Waals surface area contributed by atoms with Crippen molar-refractivity contribution < 1.29 is 8.42 Å². The Kier molecular flexibility index (Phi) is 2.42. The molecule has 1 aliphatic heterocycles. The lowest BCUT2D eigenvalue weighted by Crippen LogP contribution is -2.10. The third-order valence-electron chi connectivity index (χ3n) is 2.38. The van der Waals surface area contributed by atoms with Crippen LogP contribution in [0, 0.1) is 6.92 Å². The first-order valence-electron chi connectivity index (χ1n) is 5.08. The molecule has 0 unspecified atom stereocenters. The van der Waals surface area contributed by atoms with Gasteiger partial charge in [0, 0.05) is 5.56 Å². The summed E-state index contributed by atoms with van der Waals surface area (Å²) in [5.74, 6) is 0.293. The number of rotatable bonds is 1. The van der Waals surface area contributed by atoms with Crippen molar-refractivity contribution in [2.24, 2.45) is 4.40 Å². The van der Waals surface area contributed by atoms with Crippen LogP contribution in [0.15, 0.2) is 33.6 Å². The fourth-order valence-corrected chi connectivity index (χ4v) is 3.41. The standard InChI is InChI=1S/C10H8N4O2S2/c1-6-12-13-10(17-6)11-9-7-4-2-3-5-8(7)18(15,16)14-9/h2-5H,1H3,(H,11,13,14). The summed E-state index contributed by atoms with van der Waals surface area (Å²) < 4.78 is 27.3. The number of hydrogen-bond acceptors (Lipinski definition) is 6. The van der Waals surface area contributed by atoms with Gasteiger partial charge in [0.05, 0.1) is 0 Å². The SMILES string of the molecule is Cc1nnc(NC2=NS(=O)(=O)c3ccccc32)s1. The van der Waals surface area contributed by atoms with Gasteiger partial charge >= 0.3 is 0 Å². The molecule has 1 aromatic carbocycles. The molecule has 3 rings (SSSR count). The van der Waals surface area contributed by atoms with Crippen LogP contribution >= 0.6 is 11.3 Å². The van der Waals surface area contributed by atoms with E-state index in [1.807, 2.05) is 6.92 Å². The summed E-state index contributed by atoms with van der Waals surface area (Å²) in [5, 5.41) is 11.9. The molecule has 6 nitrogen and oxygen atoms in total. The van der Waals surface area contributed by atoms with E-state index < -0.39 is 10.0 Å². The van der Waals surface area contributed by atoms with Crippen LogP contribution in [0.4, 0.5) is 5.13 Å². The number of aryl methyl sites for hydroxylation is 1. The number of nitrogens with zero attached hydrogens (tertiary/aromatic N) is 3. The molecule has 0 atom stereocenters. The Morgan fingerprint density at radius 3 is 2.72 bits per heavy atom. The zero-order chi connectivity index (χ0) is 12.8. The van der Waals surface area contributed by atoms with Crippen LogP contribution in [0.2, 0.25) is 0 Å². The summed E-state index contributed by atoms with van der Waals surface area (Å²) in [7, 11) is -3.59. The number of amidine groups is 1. The van der Waals surface area contributed by atoms with Crippen LogP contribution < -0.4 is 5.32 Å². The van der Waals surface area contributed by atoms with Gasteiger partial charge in [0.1, 0.15) is 9.90 Å². The zero-order valence-corrected chi connectivity index (χ0v) is 10.9. The minimum absolute atomic E-state index is 0.216. The Morgan fingerprint density at radius 1 is 1.22 bits per heavy atom. The fraction of sp³-hybridized carbons (Fsp3) is 0.100. The van der Waals surface area contributed by atoms with Gasteiger partial charge in [-0.1, -0.05) is 23.5 Å². The summed E-state index contributed by atoms with van der Waals surface area (Å²) in [6, 6.07) is 6.68. The molecule has 1 aliphatic rings. The summed E-state index contributed by atoms with van der Waals surface area (Å²) in [6.07, 6.45) is 0. The lowest BCUT2D eigenvalue weighted by Gasteiger charge is -2.01. The Bertz CT molecular complexity index is 749. The number of fused-ring (bicyclic) bond motifs is 1. The lowest BCUT2D eigenvalue weighted by atomic mass is 10.2. The molecule has 18 heavy (non-hydrogen) atoms. The van der Waals surface area contributed by atoms with Crippen molar-refractivity contribution in [3.63, 3.8) is 0 Å². The van der Waals surface area contributed by atoms with E-state index in [9.17, 15) is 8.42 Å². The van der Waals surface area contributed by atoms with Crippen molar-refractivity contribution in [3.05, 3.63) is 34.8 Å². The molecule has 0 amide bonds. The quantitative estimate of drug-likeness (QED) is 0.853. The molecule has 0 spiro atoms. The van der Waals surface area contributed by atoms with E-state index in [2.05, 4.69) is 19.9 Å². The summed E-state index contributed by atoms with van der Waals surface area (Å²) in [5.41, 5.74) is 0.561. The second kappa shape index (κ2) is 3.85.